The highest BCUT2D eigenvalue weighted by Gasteiger charge is 2.19. The van der Waals surface area contributed by atoms with Crippen molar-refractivity contribution in [2.75, 3.05) is 18.4 Å². The number of anilines is 1. The van der Waals surface area contributed by atoms with Crippen molar-refractivity contribution in [2.24, 2.45) is 5.92 Å². The smallest absolute Gasteiger partial charge is 0.321 e. The number of hydrogen-bond acceptors (Lipinski definition) is 2. The summed E-state index contributed by atoms with van der Waals surface area (Å²) in [4.78, 5) is 24.3. The quantitative estimate of drug-likeness (QED) is 0.873. The fourth-order valence-electron chi connectivity index (χ4n) is 1.52. The molecule has 1 aromatic carbocycles. The third-order valence-corrected chi connectivity index (χ3v) is 3.03. The van der Waals surface area contributed by atoms with Crippen molar-refractivity contribution < 1.29 is 14.7 Å². The Kier molecular flexibility index (Phi) is 5.63. The number of carbonyl (C=O) groups excluding carboxylic acids is 1. The second kappa shape index (κ2) is 6.99. The van der Waals surface area contributed by atoms with Gasteiger partial charge in [-0.25, -0.2) is 4.79 Å². The second-order valence-corrected chi connectivity index (χ2v) is 4.60. The van der Waals surface area contributed by atoms with Gasteiger partial charge in [0, 0.05) is 13.1 Å². The Morgan fingerprint density at radius 3 is 2.58 bits per heavy atom. The number of nitrogens with zero attached hydrogens (tertiary/aromatic N) is 1. The molecule has 1 aromatic rings. The Labute approximate surface area is 117 Å². The molecule has 1 atom stereocenters. The largest absolute Gasteiger partial charge is 0.481 e. The molecule has 2 N–H and O–H groups in total. The highest BCUT2D eigenvalue weighted by Crippen LogP contribution is 2.20. The van der Waals surface area contributed by atoms with Crippen LogP contribution in [0.4, 0.5) is 10.5 Å². The Morgan fingerprint density at radius 2 is 2.05 bits per heavy atom. The van der Waals surface area contributed by atoms with Crippen LogP contribution in [0.3, 0.4) is 0 Å². The first kappa shape index (κ1) is 15.3. The Morgan fingerprint density at radius 1 is 1.42 bits per heavy atom. The van der Waals surface area contributed by atoms with E-state index in [0.717, 1.165) is 0 Å². The van der Waals surface area contributed by atoms with Gasteiger partial charge in [0.15, 0.2) is 0 Å². The molecule has 0 radical (unpaired) electrons. The van der Waals surface area contributed by atoms with E-state index in [0.29, 0.717) is 17.3 Å². The molecule has 0 aliphatic carbocycles. The summed E-state index contributed by atoms with van der Waals surface area (Å²) in [6, 6.07) is 6.53. The van der Waals surface area contributed by atoms with E-state index in [9.17, 15) is 9.59 Å². The lowest BCUT2D eigenvalue weighted by molar-refractivity contribution is -0.141. The van der Waals surface area contributed by atoms with Gasteiger partial charge >= 0.3 is 12.0 Å². The molecule has 6 heteroatoms. The summed E-state index contributed by atoms with van der Waals surface area (Å²) >= 11 is 5.95. The number of para-hydroxylation sites is 1. The molecule has 0 aliphatic heterocycles. The molecule has 1 rings (SSSR count). The average Bonchev–Trinajstić information content (AvgIpc) is 2.38. The van der Waals surface area contributed by atoms with Crippen molar-refractivity contribution >= 4 is 29.3 Å². The van der Waals surface area contributed by atoms with E-state index in [1.165, 1.54) is 4.90 Å². The number of carboxylic acids is 1. The maximum absolute atomic E-state index is 12.0. The Balaban J connectivity index is 2.69. The number of halogens is 1. The summed E-state index contributed by atoms with van der Waals surface area (Å²) in [7, 11) is 0. The lowest BCUT2D eigenvalue weighted by Crippen LogP contribution is -2.39. The molecule has 1 unspecified atom stereocenters. The number of benzene rings is 1. The van der Waals surface area contributed by atoms with E-state index >= 15 is 0 Å². The number of carboxylic acid groups (broad SMARTS) is 1. The summed E-state index contributed by atoms with van der Waals surface area (Å²) in [5.74, 6) is -1.54. The normalized spacial score (nSPS) is 11.7. The van der Waals surface area contributed by atoms with Crippen LogP contribution in [0.5, 0.6) is 0 Å². The van der Waals surface area contributed by atoms with Gasteiger partial charge in [-0.1, -0.05) is 30.7 Å². The van der Waals surface area contributed by atoms with E-state index in [-0.39, 0.29) is 12.6 Å². The van der Waals surface area contributed by atoms with Gasteiger partial charge in [-0.3, -0.25) is 4.79 Å². The molecule has 0 bridgehead atoms. The molecule has 104 valence electrons. The number of urea groups is 1. The minimum atomic E-state index is -0.927. The minimum absolute atomic E-state index is 0.155. The van der Waals surface area contributed by atoms with Gasteiger partial charge < -0.3 is 15.3 Å². The van der Waals surface area contributed by atoms with Gasteiger partial charge in [0.2, 0.25) is 0 Å². The van der Waals surface area contributed by atoms with Crippen LogP contribution in [0.2, 0.25) is 5.02 Å². The van der Waals surface area contributed by atoms with Crippen LogP contribution < -0.4 is 5.32 Å². The predicted molar refractivity (Wildman–Crippen MR) is 74.5 cm³/mol. The average molecular weight is 285 g/mol. The van der Waals surface area contributed by atoms with Crippen LogP contribution in [-0.4, -0.2) is 35.1 Å². The lowest BCUT2D eigenvalue weighted by Gasteiger charge is -2.23. The van der Waals surface area contributed by atoms with E-state index < -0.39 is 11.9 Å². The molecule has 0 heterocycles. The highest BCUT2D eigenvalue weighted by atomic mass is 35.5. The zero-order valence-corrected chi connectivity index (χ0v) is 11.6. The maximum Gasteiger partial charge on any atom is 0.321 e. The van der Waals surface area contributed by atoms with Crippen LogP contribution in [0.25, 0.3) is 0 Å². The van der Waals surface area contributed by atoms with Crippen molar-refractivity contribution in [2.45, 2.75) is 13.8 Å². The predicted octanol–water partition coefficient (Wildman–Crippen LogP) is 2.91. The minimum Gasteiger partial charge on any atom is -0.481 e. The molecule has 19 heavy (non-hydrogen) atoms. The number of nitrogens with one attached hydrogen (secondary N) is 1. The molecule has 0 saturated carbocycles. The summed E-state index contributed by atoms with van der Waals surface area (Å²) in [6.45, 7) is 3.94. The fraction of sp³-hybridized carbons (Fsp3) is 0.385. The first-order valence-electron chi connectivity index (χ1n) is 5.99. The molecular weight excluding hydrogens is 268 g/mol. The maximum atomic E-state index is 12.0. The van der Waals surface area contributed by atoms with Crippen LogP contribution in [0, 0.1) is 5.92 Å². The summed E-state index contributed by atoms with van der Waals surface area (Å²) < 4.78 is 0. The SMILES string of the molecule is CCN(CC(C)C(=O)O)C(=O)Nc1ccccc1Cl. The van der Waals surface area contributed by atoms with E-state index in [4.69, 9.17) is 16.7 Å². The van der Waals surface area contributed by atoms with Crippen molar-refractivity contribution in [1.82, 2.24) is 4.90 Å². The molecule has 2 amide bonds. The molecule has 0 spiro atoms. The third-order valence-electron chi connectivity index (χ3n) is 2.70. The van der Waals surface area contributed by atoms with Crippen molar-refractivity contribution in [3.05, 3.63) is 29.3 Å². The zero-order chi connectivity index (χ0) is 14.4. The zero-order valence-electron chi connectivity index (χ0n) is 10.9. The first-order valence-corrected chi connectivity index (χ1v) is 6.36. The molecule has 0 aliphatic rings. The van der Waals surface area contributed by atoms with Crippen molar-refractivity contribution in [3.63, 3.8) is 0 Å². The van der Waals surface area contributed by atoms with Crippen LogP contribution in [0.1, 0.15) is 13.8 Å². The summed E-state index contributed by atoms with van der Waals surface area (Å²) in [5.41, 5.74) is 0.510. The van der Waals surface area contributed by atoms with E-state index in [2.05, 4.69) is 5.32 Å². The van der Waals surface area contributed by atoms with E-state index in [1.54, 1.807) is 38.1 Å². The monoisotopic (exact) mass is 284 g/mol. The Bertz CT molecular complexity index is 465. The number of hydrogen-bond donors (Lipinski definition) is 2. The molecule has 0 saturated heterocycles. The number of aliphatic carboxylic acids is 1. The highest BCUT2D eigenvalue weighted by molar-refractivity contribution is 6.33. The van der Waals surface area contributed by atoms with Crippen molar-refractivity contribution in [3.8, 4) is 0 Å². The van der Waals surface area contributed by atoms with Crippen LogP contribution in [-0.2, 0) is 4.79 Å². The topological polar surface area (TPSA) is 69.6 Å². The van der Waals surface area contributed by atoms with Gasteiger partial charge in [0.25, 0.3) is 0 Å². The number of carbonyl (C=O) groups is 2. The molecule has 0 aromatic heterocycles. The number of amides is 2. The lowest BCUT2D eigenvalue weighted by atomic mass is 10.2. The van der Waals surface area contributed by atoms with Gasteiger partial charge in [-0.15, -0.1) is 0 Å². The van der Waals surface area contributed by atoms with Gasteiger partial charge in [-0.2, -0.15) is 0 Å². The first-order chi connectivity index (χ1) is 8.95. The standard InChI is InChI=1S/C13H17ClN2O3/c1-3-16(8-9(2)12(17)18)13(19)15-11-7-5-4-6-10(11)14/h4-7,9H,3,8H2,1-2H3,(H,15,19)(H,17,18). The second-order valence-electron chi connectivity index (χ2n) is 4.19. The van der Waals surface area contributed by atoms with Crippen LogP contribution >= 0.6 is 11.6 Å². The van der Waals surface area contributed by atoms with Gasteiger partial charge in [0.05, 0.1) is 16.6 Å². The van der Waals surface area contributed by atoms with E-state index in [1.807, 2.05) is 0 Å². The third kappa shape index (κ3) is 4.44. The van der Waals surface area contributed by atoms with Crippen molar-refractivity contribution in [1.29, 1.82) is 0 Å². The fourth-order valence-corrected chi connectivity index (χ4v) is 1.70. The molecule has 0 fully saturated rings. The summed E-state index contributed by atoms with van der Waals surface area (Å²) in [6.07, 6.45) is 0. The van der Waals surface area contributed by atoms with Gasteiger partial charge in [0.1, 0.15) is 0 Å². The van der Waals surface area contributed by atoms with Gasteiger partial charge in [-0.05, 0) is 19.1 Å². The summed E-state index contributed by atoms with van der Waals surface area (Å²) in [5, 5.41) is 12.0. The number of rotatable bonds is 5. The van der Waals surface area contributed by atoms with Crippen LogP contribution in [0.15, 0.2) is 24.3 Å². The Hall–Kier alpha value is -1.75. The molecular formula is C13H17ClN2O3. The molecule has 5 nitrogen and oxygen atoms in total.